The van der Waals surface area contributed by atoms with E-state index in [1.807, 2.05) is 0 Å². The van der Waals surface area contributed by atoms with Crippen molar-refractivity contribution in [1.29, 1.82) is 0 Å². The number of nitrogens with zero attached hydrogens (tertiary/aromatic N) is 2. The highest BCUT2D eigenvalue weighted by Crippen LogP contribution is 2.28. The Hall–Kier alpha value is -1.64. The van der Waals surface area contributed by atoms with Crippen LogP contribution in [-0.4, -0.2) is 25.5 Å². The van der Waals surface area contributed by atoms with Gasteiger partial charge in [-0.2, -0.15) is 0 Å². The summed E-state index contributed by atoms with van der Waals surface area (Å²) >= 11 is 4.72. The highest BCUT2D eigenvalue weighted by Gasteiger charge is 2.18. The Morgan fingerprint density at radius 3 is 2.82 bits per heavy atom. The molecule has 2 aromatic heterocycles. The summed E-state index contributed by atoms with van der Waals surface area (Å²) in [6, 6.07) is 3.21. The molecule has 0 fully saturated rings. The molecular weight excluding hydrogens is 262 g/mol. The quantitative estimate of drug-likeness (QED) is 0.725. The summed E-state index contributed by atoms with van der Waals surface area (Å²) in [7, 11) is -1.58. The molecule has 1 unspecified atom stereocenters. The van der Waals surface area contributed by atoms with Crippen molar-refractivity contribution >= 4 is 37.7 Å². The number of nitrogens with two attached hydrogens (primary N) is 1. The normalized spacial score (nSPS) is 12.5. The molecule has 0 aromatic carbocycles. The summed E-state index contributed by atoms with van der Waals surface area (Å²) in [6.45, 7) is 0. The SMILES string of the molecule is NC(=O)c1nc(S(O)=S)c2cccnc2c1O. The number of aromatic nitrogens is 2. The number of hydrogen-bond acceptors (Lipinski definition) is 5. The number of rotatable bonds is 2. The van der Waals surface area contributed by atoms with Gasteiger partial charge < -0.3 is 15.4 Å². The van der Waals surface area contributed by atoms with Gasteiger partial charge in [-0.05, 0) is 23.3 Å². The molecule has 6 nitrogen and oxygen atoms in total. The first-order chi connectivity index (χ1) is 8.02. The van der Waals surface area contributed by atoms with Gasteiger partial charge >= 0.3 is 0 Å². The van der Waals surface area contributed by atoms with Gasteiger partial charge in [0.05, 0.1) is 9.74 Å². The van der Waals surface area contributed by atoms with Crippen LogP contribution in [0.3, 0.4) is 0 Å². The first-order valence-corrected chi connectivity index (χ1v) is 6.51. The third-order valence-corrected chi connectivity index (χ3v) is 3.21. The fraction of sp³-hybridized carbons (Fsp3) is 0. The molecular formula is C9H7N3O3S2. The summed E-state index contributed by atoms with van der Waals surface area (Å²) < 4.78 is 9.44. The van der Waals surface area contributed by atoms with Crippen LogP contribution in [0.25, 0.3) is 10.9 Å². The second-order valence-electron chi connectivity index (χ2n) is 3.13. The van der Waals surface area contributed by atoms with E-state index in [9.17, 15) is 14.5 Å². The van der Waals surface area contributed by atoms with Crippen LogP contribution >= 0.6 is 0 Å². The van der Waals surface area contributed by atoms with E-state index in [2.05, 4.69) is 9.97 Å². The predicted octanol–water partition coefficient (Wildman–Crippen LogP) is 0.346. The molecule has 0 radical (unpaired) electrons. The van der Waals surface area contributed by atoms with Gasteiger partial charge in [0, 0.05) is 11.6 Å². The van der Waals surface area contributed by atoms with Crippen molar-refractivity contribution in [1.82, 2.24) is 9.97 Å². The Bertz CT molecular complexity index is 645. The molecule has 0 aliphatic rings. The molecule has 0 saturated carbocycles. The number of fused-ring (bicyclic) bond motifs is 1. The number of carbonyl (C=O) groups is 1. The number of carbonyl (C=O) groups excluding carboxylic acids is 1. The second-order valence-corrected chi connectivity index (χ2v) is 4.96. The average molecular weight is 269 g/mol. The molecule has 0 aliphatic heterocycles. The Balaban J connectivity index is 2.94. The summed E-state index contributed by atoms with van der Waals surface area (Å²) in [6.07, 6.45) is 1.44. The standard InChI is InChI=1S/C9H7N3O3S2/c10-8(14)6-7(13)5-4(2-1-3-11-5)9(12-6)17(15)16/h1-3,13H,(H2,10,14)(H,15,16). The molecule has 88 valence electrons. The number of pyridine rings is 2. The van der Waals surface area contributed by atoms with Crippen molar-refractivity contribution in [3.05, 3.63) is 24.0 Å². The van der Waals surface area contributed by atoms with E-state index in [0.717, 1.165) is 0 Å². The van der Waals surface area contributed by atoms with Crippen LogP contribution in [0.15, 0.2) is 23.4 Å². The molecule has 0 saturated heterocycles. The zero-order valence-corrected chi connectivity index (χ0v) is 9.96. The molecule has 8 heteroatoms. The summed E-state index contributed by atoms with van der Waals surface area (Å²) in [5, 5.41) is 10.3. The number of amides is 1. The molecule has 1 atom stereocenters. The molecule has 4 N–H and O–H groups in total. The highest BCUT2D eigenvalue weighted by molar-refractivity contribution is 8.25. The van der Waals surface area contributed by atoms with Crippen molar-refractivity contribution in [2.45, 2.75) is 5.03 Å². The van der Waals surface area contributed by atoms with E-state index in [1.165, 1.54) is 6.20 Å². The smallest absolute Gasteiger partial charge is 0.271 e. The van der Waals surface area contributed by atoms with Gasteiger partial charge in [0.1, 0.15) is 10.5 Å². The molecule has 2 rings (SSSR count). The summed E-state index contributed by atoms with van der Waals surface area (Å²) in [5.41, 5.74) is 4.87. The fourth-order valence-electron chi connectivity index (χ4n) is 1.40. The second kappa shape index (κ2) is 4.32. The summed E-state index contributed by atoms with van der Waals surface area (Å²) in [5.74, 6) is -1.31. The molecule has 2 aromatic rings. The van der Waals surface area contributed by atoms with Gasteiger partial charge in [-0.1, -0.05) is 0 Å². The van der Waals surface area contributed by atoms with E-state index in [4.69, 9.17) is 16.9 Å². The molecule has 0 bridgehead atoms. The number of hydrogen-bond donors (Lipinski definition) is 3. The topological polar surface area (TPSA) is 109 Å². The van der Waals surface area contributed by atoms with Gasteiger partial charge in [-0.3, -0.25) is 9.78 Å². The van der Waals surface area contributed by atoms with E-state index in [-0.39, 0.29) is 16.2 Å². The third-order valence-electron chi connectivity index (χ3n) is 2.10. The van der Waals surface area contributed by atoms with Crippen LogP contribution in [0.5, 0.6) is 5.75 Å². The minimum atomic E-state index is -1.58. The number of primary amides is 1. The lowest BCUT2D eigenvalue weighted by Crippen LogP contribution is -2.15. The zero-order chi connectivity index (χ0) is 12.6. The average Bonchev–Trinajstić information content (AvgIpc) is 2.29. The third kappa shape index (κ3) is 1.97. The van der Waals surface area contributed by atoms with Crippen molar-refractivity contribution in [3.8, 4) is 5.75 Å². The van der Waals surface area contributed by atoms with E-state index in [1.54, 1.807) is 12.1 Å². The molecule has 0 aliphatic carbocycles. The van der Waals surface area contributed by atoms with Crippen molar-refractivity contribution in [2.75, 3.05) is 0 Å². The van der Waals surface area contributed by atoms with Crippen LogP contribution in [0.1, 0.15) is 10.5 Å². The lowest BCUT2D eigenvalue weighted by atomic mass is 10.2. The summed E-state index contributed by atoms with van der Waals surface area (Å²) in [4.78, 5) is 18.8. The molecule has 1 amide bonds. The predicted molar refractivity (Wildman–Crippen MR) is 65.3 cm³/mol. The van der Waals surface area contributed by atoms with Gasteiger partial charge in [-0.15, -0.1) is 0 Å². The van der Waals surface area contributed by atoms with Gasteiger partial charge in [-0.25, -0.2) is 4.98 Å². The minimum Gasteiger partial charge on any atom is -0.504 e. The highest BCUT2D eigenvalue weighted by atomic mass is 32.8. The Morgan fingerprint density at radius 1 is 1.53 bits per heavy atom. The zero-order valence-electron chi connectivity index (χ0n) is 8.32. The molecule has 17 heavy (non-hydrogen) atoms. The van der Waals surface area contributed by atoms with Crippen LogP contribution in [0.4, 0.5) is 0 Å². The van der Waals surface area contributed by atoms with Gasteiger partial charge in [0.2, 0.25) is 0 Å². The van der Waals surface area contributed by atoms with Crippen LogP contribution in [0, 0.1) is 0 Å². The molecule has 0 spiro atoms. The van der Waals surface area contributed by atoms with Crippen molar-refractivity contribution < 1.29 is 14.5 Å². The maximum atomic E-state index is 11.1. The maximum Gasteiger partial charge on any atom is 0.271 e. The fourth-order valence-corrected chi connectivity index (χ4v) is 2.30. The van der Waals surface area contributed by atoms with Crippen molar-refractivity contribution in [3.63, 3.8) is 0 Å². The Kier molecular flexibility index (Phi) is 3.01. The van der Waals surface area contributed by atoms with E-state index < -0.39 is 21.4 Å². The van der Waals surface area contributed by atoms with Gasteiger partial charge in [0.15, 0.2) is 11.4 Å². The first-order valence-electron chi connectivity index (χ1n) is 4.40. The maximum absolute atomic E-state index is 11.1. The van der Waals surface area contributed by atoms with Crippen molar-refractivity contribution in [2.24, 2.45) is 5.73 Å². The Morgan fingerprint density at radius 2 is 2.24 bits per heavy atom. The monoisotopic (exact) mass is 269 g/mol. The van der Waals surface area contributed by atoms with Gasteiger partial charge in [0.25, 0.3) is 5.91 Å². The Labute approximate surface area is 103 Å². The number of aromatic hydroxyl groups is 1. The van der Waals surface area contributed by atoms with Crippen LogP contribution in [-0.2, 0) is 20.9 Å². The first kappa shape index (κ1) is 11.8. The van der Waals surface area contributed by atoms with E-state index in [0.29, 0.717) is 5.39 Å². The minimum absolute atomic E-state index is 0.106. The van der Waals surface area contributed by atoms with Crippen LogP contribution < -0.4 is 5.73 Å². The van der Waals surface area contributed by atoms with Crippen LogP contribution in [0.2, 0.25) is 0 Å². The lowest BCUT2D eigenvalue weighted by molar-refractivity contribution is 0.0992. The lowest BCUT2D eigenvalue weighted by Gasteiger charge is -2.07. The van der Waals surface area contributed by atoms with E-state index >= 15 is 0 Å². The largest absolute Gasteiger partial charge is 0.504 e. The molecule has 2 heterocycles.